The van der Waals surface area contributed by atoms with Crippen LogP contribution in [0.1, 0.15) is 0 Å². The number of nitrogens with one attached hydrogen (secondary N) is 1. The molecule has 3 rings (SSSR count). The van der Waals surface area contributed by atoms with Crippen LogP contribution < -0.4 is 5.32 Å². The number of aliphatic hydroxyl groups is 4. The fourth-order valence-electron chi connectivity index (χ4n) is 2.73. The first kappa shape index (κ1) is 15.2. The Morgan fingerprint density at radius 2 is 1.64 bits per heavy atom. The van der Waals surface area contributed by atoms with E-state index in [1.54, 1.807) is 0 Å². The fourth-order valence-corrected chi connectivity index (χ4v) is 2.73. The van der Waals surface area contributed by atoms with Crippen molar-refractivity contribution in [3.05, 3.63) is 42.5 Å². The van der Waals surface area contributed by atoms with E-state index in [1.807, 2.05) is 42.5 Å². The van der Waals surface area contributed by atoms with Gasteiger partial charge in [0, 0.05) is 11.1 Å². The third-order valence-electron chi connectivity index (χ3n) is 3.98. The van der Waals surface area contributed by atoms with Crippen LogP contribution in [-0.4, -0.2) is 57.7 Å². The summed E-state index contributed by atoms with van der Waals surface area (Å²) in [5.74, 6) is 0. The first-order valence-corrected chi connectivity index (χ1v) is 7.16. The maximum Gasteiger partial charge on any atom is 0.157 e. The highest BCUT2D eigenvalue weighted by atomic mass is 16.6. The number of aliphatic hydroxyl groups excluding tert-OH is 4. The molecule has 5 atom stereocenters. The second-order valence-electron chi connectivity index (χ2n) is 5.42. The minimum absolute atomic E-state index is 0.446. The van der Waals surface area contributed by atoms with Gasteiger partial charge in [0.25, 0.3) is 0 Å². The first-order valence-electron chi connectivity index (χ1n) is 7.16. The summed E-state index contributed by atoms with van der Waals surface area (Å²) in [5, 5.41) is 43.9. The molecule has 0 saturated carbocycles. The molecule has 0 aliphatic carbocycles. The Labute approximate surface area is 127 Å². The highest BCUT2D eigenvalue weighted by Gasteiger charge is 2.43. The van der Waals surface area contributed by atoms with Gasteiger partial charge in [-0.15, -0.1) is 0 Å². The van der Waals surface area contributed by atoms with E-state index in [4.69, 9.17) is 4.74 Å². The van der Waals surface area contributed by atoms with E-state index in [2.05, 4.69) is 5.32 Å². The van der Waals surface area contributed by atoms with Gasteiger partial charge in [-0.3, -0.25) is 0 Å². The summed E-state index contributed by atoms with van der Waals surface area (Å²) in [6.45, 7) is -0.446. The number of hydrogen-bond donors (Lipinski definition) is 5. The van der Waals surface area contributed by atoms with Crippen molar-refractivity contribution in [2.24, 2.45) is 0 Å². The van der Waals surface area contributed by atoms with Crippen LogP contribution in [0.5, 0.6) is 0 Å². The minimum Gasteiger partial charge on any atom is -0.394 e. The molecule has 6 nitrogen and oxygen atoms in total. The summed E-state index contributed by atoms with van der Waals surface area (Å²) >= 11 is 0. The average Bonchev–Trinajstić information content (AvgIpc) is 2.55. The number of benzene rings is 2. The second kappa shape index (κ2) is 6.20. The summed E-state index contributed by atoms with van der Waals surface area (Å²) in [6.07, 6.45) is -5.91. The van der Waals surface area contributed by atoms with E-state index in [1.165, 1.54) is 0 Å². The molecule has 2 aromatic rings. The molecule has 22 heavy (non-hydrogen) atoms. The van der Waals surface area contributed by atoms with Gasteiger partial charge in [0.2, 0.25) is 0 Å². The van der Waals surface area contributed by atoms with Gasteiger partial charge in [-0.2, -0.15) is 0 Å². The van der Waals surface area contributed by atoms with Crippen LogP contribution >= 0.6 is 0 Å². The van der Waals surface area contributed by atoms with Crippen molar-refractivity contribution in [2.45, 2.75) is 30.6 Å². The monoisotopic (exact) mass is 305 g/mol. The van der Waals surface area contributed by atoms with Gasteiger partial charge in [-0.1, -0.05) is 36.4 Å². The normalized spacial score (nSPS) is 32.1. The molecule has 0 unspecified atom stereocenters. The number of anilines is 1. The standard InChI is InChI=1S/C16H19NO5/c18-8-12-13(19)14(20)15(21)16(22-12)17-11-7-3-5-9-4-1-2-6-10(9)11/h1-7,12-21H,8H2/t12-,13-,14-,15+,16+/m1/s1. The van der Waals surface area contributed by atoms with Crippen molar-refractivity contribution >= 4 is 16.5 Å². The van der Waals surface area contributed by atoms with Crippen molar-refractivity contribution in [2.75, 3.05) is 11.9 Å². The van der Waals surface area contributed by atoms with Crippen LogP contribution in [-0.2, 0) is 4.74 Å². The Hall–Kier alpha value is -1.70. The molecule has 0 aromatic heterocycles. The SMILES string of the molecule is OC[C@H]1O[C@H](Nc2cccc3ccccc23)[C@@H](O)[C@H](O)[C@@H]1O. The topological polar surface area (TPSA) is 102 Å². The van der Waals surface area contributed by atoms with Gasteiger partial charge in [0.1, 0.15) is 24.4 Å². The van der Waals surface area contributed by atoms with E-state index >= 15 is 0 Å². The molecule has 0 amide bonds. The van der Waals surface area contributed by atoms with Crippen molar-refractivity contribution in [1.29, 1.82) is 0 Å². The Morgan fingerprint density at radius 1 is 0.909 bits per heavy atom. The second-order valence-corrected chi connectivity index (χ2v) is 5.42. The molecule has 118 valence electrons. The van der Waals surface area contributed by atoms with Gasteiger partial charge in [-0.05, 0) is 11.5 Å². The summed E-state index contributed by atoms with van der Waals surface area (Å²) in [7, 11) is 0. The van der Waals surface area contributed by atoms with Gasteiger partial charge >= 0.3 is 0 Å². The van der Waals surface area contributed by atoms with Crippen LogP contribution in [0.15, 0.2) is 42.5 Å². The lowest BCUT2D eigenvalue weighted by Gasteiger charge is -2.40. The van der Waals surface area contributed by atoms with Gasteiger partial charge in [0.15, 0.2) is 6.23 Å². The lowest BCUT2D eigenvalue weighted by molar-refractivity contribution is -0.221. The molecule has 1 heterocycles. The van der Waals surface area contributed by atoms with Crippen LogP contribution in [0.4, 0.5) is 5.69 Å². The van der Waals surface area contributed by atoms with Gasteiger partial charge < -0.3 is 30.5 Å². The van der Waals surface area contributed by atoms with Crippen molar-refractivity contribution < 1.29 is 25.2 Å². The van der Waals surface area contributed by atoms with Crippen molar-refractivity contribution in [3.8, 4) is 0 Å². The number of fused-ring (bicyclic) bond motifs is 1. The predicted molar refractivity (Wildman–Crippen MR) is 81.3 cm³/mol. The highest BCUT2D eigenvalue weighted by molar-refractivity contribution is 5.93. The van der Waals surface area contributed by atoms with Crippen LogP contribution in [0.2, 0.25) is 0 Å². The fraction of sp³-hybridized carbons (Fsp3) is 0.375. The largest absolute Gasteiger partial charge is 0.394 e. The van der Waals surface area contributed by atoms with Crippen LogP contribution in [0, 0.1) is 0 Å². The van der Waals surface area contributed by atoms with E-state index in [9.17, 15) is 20.4 Å². The zero-order chi connectivity index (χ0) is 15.7. The zero-order valence-corrected chi connectivity index (χ0v) is 11.8. The summed E-state index contributed by atoms with van der Waals surface area (Å²) < 4.78 is 5.46. The Balaban J connectivity index is 1.87. The number of hydrogen-bond acceptors (Lipinski definition) is 6. The van der Waals surface area contributed by atoms with E-state index in [0.29, 0.717) is 0 Å². The zero-order valence-electron chi connectivity index (χ0n) is 11.8. The molecule has 1 fully saturated rings. The van der Waals surface area contributed by atoms with Crippen LogP contribution in [0.3, 0.4) is 0 Å². The number of rotatable bonds is 3. The lowest BCUT2D eigenvalue weighted by atomic mass is 9.98. The maximum atomic E-state index is 10.1. The van der Waals surface area contributed by atoms with Crippen molar-refractivity contribution in [1.82, 2.24) is 0 Å². The predicted octanol–water partition coefficient (Wildman–Crippen LogP) is 0.0516. The van der Waals surface area contributed by atoms with E-state index < -0.39 is 37.3 Å². The van der Waals surface area contributed by atoms with Gasteiger partial charge in [0.05, 0.1) is 6.61 Å². The van der Waals surface area contributed by atoms with E-state index in [-0.39, 0.29) is 0 Å². The minimum atomic E-state index is -1.39. The molecular weight excluding hydrogens is 286 g/mol. The molecule has 5 N–H and O–H groups in total. The highest BCUT2D eigenvalue weighted by Crippen LogP contribution is 2.27. The Kier molecular flexibility index (Phi) is 4.28. The smallest absolute Gasteiger partial charge is 0.157 e. The molecular formula is C16H19NO5. The molecule has 1 aliphatic heterocycles. The third kappa shape index (κ3) is 2.67. The number of ether oxygens (including phenoxy) is 1. The van der Waals surface area contributed by atoms with Crippen LogP contribution in [0.25, 0.3) is 10.8 Å². The third-order valence-corrected chi connectivity index (χ3v) is 3.98. The van der Waals surface area contributed by atoms with Gasteiger partial charge in [-0.25, -0.2) is 0 Å². The lowest BCUT2D eigenvalue weighted by Crippen LogP contribution is -2.60. The quantitative estimate of drug-likeness (QED) is 0.549. The summed E-state index contributed by atoms with van der Waals surface area (Å²) in [4.78, 5) is 0. The van der Waals surface area contributed by atoms with E-state index in [0.717, 1.165) is 16.5 Å². The maximum absolute atomic E-state index is 10.1. The molecule has 0 bridgehead atoms. The molecule has 1 saturated heterocycles. The molecule has 2 aromatic carbocycles. The van der Waals surface area contributed by atoms with Crippen molar-refractivity contribution in [3.63, 3.8) is 0 Å². The molecule has 0 radical (unpaired) electrons. The molecule has 1 aliphatic rings. The molecule has 0 spiro atoms. The Morgan fingerprint density at radius 3 is 2.41 bits per heavy atom. The Bertz CT molecular complexity index is 642. The summed E-state index contributed by atoms with van der Waals surface area (Å²) in [5.41, 5.74) is 0.738. The molecule has 6 heteroatoms. The first-order chi connectivity index (χ1) is 10.6. The average molecular weight is 305 g/mol. The summed E-state index contributed by atoms with van der Waals surface area (Å²) in [6, 6.07) is 13.4.